The first-order valence-corrected chi connectivity index (χ1v) is 8.77. The number of phenolic OH excluding ortho intramolecular Hbond substituents is 1. The fourth-order valence-electron chi connectivity index (χ4n) is 3.20. The van der Waals surface area contributed by atoms with Gasteiger partial charge in [-0.2, -0.15) is 4.98 Å². The first-order chi connectivity index (χ1) is 12.5. The summed E-state index contributed by atoms with van der Waals surface area (Å²) in [5, 5.41) is 16.8. The maximum Gasteiger partial charge on any atom is 0.297 e. The molecule has 1 aliphatic rings. The molecular weight excluding hydrogens is 359 g/mol. The van der Waals surface area contributed by atoms with Crippen molar-refractivity contribution in [1.29, 1.82) is 0 Å². The van der Waals surface area contributed by atoms with Crippen molar-refractivity contribution >= 4 is 28.8 Å². The Kier molecular flexibility index (Phi) is 4.42. The molecule has 0 unspecified atom stereocenters. The number of piperidine rings is 1. The van der Waals surface area contributed by atoms with E-state index in [1.807, 2.05) is 6.92 Å². The van der Waals surface area contributed by atoms with E-state index < -0.39 is 6.17 Å². The molecule has 26 heavy (non-hydrogen) atoms. The molecular formula is C18H18ClFN4O2. The van der Waals surface area contributed by atoms with Crippen molar-refractivity contribution in [2.24, 2.45) is 0 Å². The van der Waals surface area contributed by atoms with Crippen LogP contribution < -0.4 is 10.6 Å². The Morgan fingerprint density at radius 3 is 2.96 bits per heavy atom. The maximum atomic E-state index is 14.0. The van der Waals surface area contributed by atoms with Crippen LogP contribution in [0.3, 0.4) is 0 Å². The van der Waals surface area contributed by atoms with Crippen LogP contribution in [0, 0.1) is 6.92 Å². The molecule has 2 aromatic heterocycles. The van der Waals surface area contributed by atoms with Gasteiger partial charge in [-0.3, -0.25) is 0 Å². The number of hydrogen-bond donors (Lipinski definition) is 3. The molecule has 0 amide bonds. The van der Waals surface area contributed by atoms with Crippen LogP contribution in [0.1, 0.15) is 12.0 Å². The predicted molar refractivity (Wildman–Crippen MR) is 98.4 cm³/mol. The molecule has 3 N–H and O–H groups in total. The van der Waals surface area contributed by atoms with Gasteiger partial charge in [-0.25, -0.2) is 9.37 Å². The third-order valence-corrected chi connectivity index (χ3v) is 4.71. The van der Waals surface area contributed by atoms with Crippen molar-refractivity contribution in [1.82, 2.24) is 15.3 Å². The quantitative estimate of drug-likeness (QED) is 0.647. The van der Waals surface area contributed by atoms with Gasteiger partial charge in [0.1, 0.15) is 11.9 Å². The SMILES string of the molecule is Cc1cc(Cl)cc(O)c1-c1ccc2oc(N[C@H]3CNCC[C@H]3F)nc2n1. The predicted octanol–water partition coefficient (Wildman–Crippen LogP) is 3.67. The zero-order chi connectivity index (χ0) is 18.3. The van der Waals surface area contributed by atoms with Crippen molar-refractivity contribution < 1.29 is 13.9 Å². The summed E-state index contributed by atoms with van der Waals surface area (Å²) in [6, 6.07) is 6.55. The largest absolute Gasteiger partial charge is 0.507 e. The highest BCUT2D eigenvalue weighted by Crippen LogP contribution is 2.35. The second-order valence-electron chi connectivity index (χ2n) is 6.41. The molecule has 0 spiro atoms. The summed E-state index contributed by atoms with van der Waals surface area (Å²) in [4.78, 5) is 8.79. The van der Waals surface area contributed by atoms with Gasteiger partial charge in [0.05, 0.1) is 11.7 Å². The number of pyridine rings is 1. The topological polar surface area (TPSA) is 83.2 Å². The molecule has 136 valence electrons. The number of anilines is 1. The van der Waals surface area contributed by atoms with Crippen molar-refractivity contribution in [3.8, 4) is 17.0 Å². The number of aryl methyl sites for hydroxylation is 1. The number of nitrogens with one attached hydrogen (secondary N) is 2. The second kappa shape index (κ2) is 6.74. The summed E-state index contributed by atoms with van der Waals surface area (Å²) in [6.45, 7) is 3.03. The number of fused-ring (bicyclic) bond motifs is 1. The van der Waals surface area contributed by atoms with E-state index in [9.17, 15) is 9.50 Å². The average molecular weight is 377 g/mol. The third-order valence-electron chi connectivity index (χ3n) is 4.50. The zero-order valence-corrected chi connectivity index (χ0v) is 14.8. The van der Waals surface area contributed by atoms with Crippen molar-refractivity contribution in [2.45, 2.75) is 25.6 Å². The van der Waals surface area contributed by atoms with Gasteiger partial charge in [0, 0.05) is 17.1 Å². The van der Waals surface area contributed by atoms with Crippen LogP contribution in [0.25, 0.3) is 22.5 Å². The van der Waals surface area contributed by atoms with Gasteiger partial charge >= 0.3 is 0 Å². The molecule has 6 nitrogen and oxygen atoms in total. The number of phenols is 1. The van der Waals surface area contributed by atoms with Crippen LogP contribution >= 0.6 is 11.6 Å². The van der Waals surface area contributed by atoms with Crippen LogP contribution in [-0.2, 0) is 0 Å². The number of nitrogens with zero attached hydrogens (tertiary/aromatic N) is 2. The fraction of sp³-hybridized carbons (Fsp3) is 0.333. The van der Waals surface area contributed by atoms with Crippen LogP contribution in [0.15, 0.2) is 28.7 Å². The Bertz CT molecular complexity index is 939. The number of aromatic nitrogens is 2. The van der Waals surface area contributed by atoms with E-state index in [-0.39, 0.29) is 17.8 Å². The van der Waals surface area contributed by atoms with Crippen LogP contribution in [0.5, 0.6) is 5.75 Å². The lowest BCUT2D eigenvalue weighted by molar-refractivity contribution is 0.239. The fourth-order valence-corrected chi connectivity index (χ4v) is 3.47. The highest BCUT2D eigenvalue weighted by Gasteiger charge is 2.26. The van der Waals surface area contributed by atoms with E-state index in [4.69, 9.17) is 16.0 Å². The molecule has 0 aliphatic carbocycles. The number of oxazole rings is 1. The Balaban J connectivity index is 1.66. The molecule has 0 bridgehead atoms. The highest BCUT2D eigenvalue weighted by molar-refractivity contribution is 6.31. The molecule has 1 aromatic carbocycles. The standard InChI is InChI=1S/C18H18ClFN4O2/c1-9-6-10(19)7-14(25)16(9)12-2-3-15-17(22-12)24-18(26-15)23-13-8-21-5-4-11(13)20/h2-3,6-7,11,13,21,25H,4-5,8H2,1H3,(H,22,23,24)/t11-,13+/m1/s1. The first-order valence-electron chi connectivity index (χ1n) is 8.39. The minimum Gasteiger partial charge on any atom is -0.507 e. The molecule has 1 aliphatic heterocycles. The van der Waals surface area contributed by atoms with E-state index in [0.29, 0.717) is 47.0 Å². The molecule has 3 aromatic rings. The van der Waals surface area contributed by atoms with Gasteiger partial charge in [-0.1, -0.05) is 11.6 Å². The first kappa shape index (κ1) is 17.1. The Morgan fingerprint density at radius 1 is 1.35 bits per heavy atom. The number of hydrogen-bond acceptors (Lipinski definition) is 6. The normalized spacial score (nSPS) is 20.4. The molecule has 1 fully saturated rings. The summed E-state index contributed by atoms with van der Waals surface area (Å²) in [6.07, 6.45) is -0.501. The summed E-state index contributed by atoms with van der Waals surface area (Å²) < 4.78 is 19.6. The number of aromatic hydroxyl groups is 1. The van der Waals surface area contributed by atoms with E-state index >= 15 is 0 Å². The third kappa shape index (κ3) is 3.20. The highest BCUT2D eigenvalue weighted by atomic mass is 35.5. The Hall–Kier alpha value is -2.38. The molecule has 2 atom stereocenters. The van der Waals surface area contributed by atoms with Crippen LogP contribution in [0.4, 0.5) is 10.4 Å². The van der Waals surface area contributed by atoms with Crippen molar-refractivity contribution in [3.63, 3.8) is 0 Å². The number of halogens is 2. The lowest BCUT2D eigenvalue weighted by atomic mass is 10.0. The van der Waals surface area contributed by atoms with Gasteiger partial charge in [0.15, 0.2) is 5.58 Å². The van der Waals surface area contributed by atoms with Gasteiger partial charge in [0.2, 0.25) is 5.65 Å². The van der Waals surface area contributed by atoms with Crippen molar-refractivity contribution in [3.05, 3.63) is 34.9 Å². The molecule has 4 rings (SSSR count). The van der Waals surface area contributed by atoms with Gasteiger partial charge in [-0.15, -0.1) is 0 Å². The smallest absolute Gasteiger partial charge is 0.297 e. The minimum atomic E-state index is -0.955. The summed E-state index contributed by atoms with van der Waals surface area (Å²) in [7, 11) is 0. The van der Waals surface area contributed by atoms with Crippen molar-refractivity contribution in [2.75, 3.05) is 18.4 Å². The maximum absolute atomic E-state index is 14.0. The van der Waals surface area contributed by atoms with E-state index in [2.05, 4.69) is 20.6 Å². The van der Waals surface area contributed by atoms with E-state index in [1.165, 1.54) is 6.07 Å². The summed E-state index contributed by atoms with van der Waals surface area (Å²) in [5.74, 6) is 0.0530. The lowest BCUT2D eigenvalue weighted by Gasteiger charge is -2.26. The lowest BCUT2D eigenvalue weighted by Crippen LogP contribution is -2.46. The molecule has 0 radical (unpaired) electrons. The molecule has 3 heterocycles. The summed E-state index contributed by atoms with van der Waals surface area (Å²) in [5.41, 5.74) is 2.83. The van der Waals surface area contributed by atoms with Gasteiger partial charge in [0.25, 0.3) is 6.01 Å². The molecule has 1 saturated heterocycles. The van der Waals surface area contributed by atoms with Crippen LogP contribution in [0.2, 0.25) is 5.02 Å². The van der Waals surface area contributed by atoms with E-state index in [0.717, 1.165) is 5.56 Å². The van der Waals surface area contributed by atoms with Crippen LogP contribution in [-0.4, -0.2) is 40.4 Å². The number of benzene rings is 1. The summed E-state index contributed by atoms with van der Waals surface area (Å²) >= 11 is 5.96. The second-order valence-corrected chi connectivity index (χ2v) is 6.85. The average Bonchev–Trinajstić information content (AvgIpc) is 2.98. The zero-order valence-electron chi connectivity index (χ0n) is 14.1. The Morgan fingerprint density at radius 2 is 2.19 bits per heavy atom. The minimum absolute atomic E-state index is 0.0530. The molecule has 8 heteroatoms. The monoisotopic (exact) mass is 376 g/mol. The van der Waals surface area contributed by atoms with E-state index in [1.54, 1.807) is 18.2 Å². The number of alkyl halides is 1. The number of rotatable bonds is 3. The van der Waals surface area contributed by atoms with Gasteiger partial charge < -0.3 is 20.2 Å². The molecule has 0 saturated carbocycles. The van der Waals surface area contributed by atoms with Gasteiger partial charge in [-0.05, 0) is 49.7 Å². The Labute approximate surface area is 154 Å².